The third-order valence-corrected chi connectivity index (χ3v) is 3.99. The topological polar surface area (TPSA) is 84.1 Å². The Hall–Kier alpha value is -2.18. The zero-order valence-electron chi connectivity index (χ0n) is 13.4. The minimum absolute atomic E-state index is 0.382. The number of carbonyl (C=O) groups excluding carboxylic acids is 1. The van der Waals surface area contributed by atoms with Gasteiger partial charge in [0.1, 0.15) is 0 Å². The monoisotopic (exact) mass is 323 g/mol. The molecule has 1 aromatic heterocycles. The molecule has 0 bridgehead atoms. The third kappa shape index (κ3) is 5.19. The van der Waals surface area contributed by atoms with E-state index in [0.29, 0.717) is 11.8 Å². The summed E-state index contributed by atoms with van der Waals surface area (Å²) in [6.07, 6.45) is 6.81. The minimum atomic E-state index is -0.817. The molecule has 7 heteroatoms. The fourth-order valence-electron chi connectivity index (χ4n) is 2.90. The van der Waals surface area contributed by atoms with Crippen LogP contribution in [-0.4, -0.2) is 22.5 Å². The Morgan fingerprint density at radius 3 is 3.09 bits per heavy atom. The molecule has 2 rings (SSSR count). The molecule has 1 amide bonds. The number of hydrogen-bond donors (Lipinski definition) is 2. The Bertz CT molecular complexity index is 642. The van der Waals surface area contributed by atoms with Crippen LogP contribution in [0.5, 0.6) is 5.88 Å². The molecule has 2 N–H and O–H groups in total. The molecule has 0 spiro atoms. The Morgan fingerprint density at radius 2 is 2.35 bits per heavy atom. The number of allylic oxidation sites excluding steroid dienone is 1. The molecule has 0 radical (unpaired) electrons. The molecule has 1 heterocycles. The molecule has 23 heavy (non-hydrogen) atoms. The van der Waals surface area contributed by atoms with Crippen LogP contribution < -0.4 is 15.7 Å². The first-order chi connectivity index (χ1) is 11.0. The van der Waals surface area contributed by atoms with Crippen molar-refractivity contribution in [3.8, 4) is 5.88 Å². The second-order valence-corrected chi connectivity index (χ2v) is 6.05. The second-order valence-electron chi connectivity index (χ2n) is 6.05. The van der Waals surface area contributed by atoms with Gasteiger partial charge in [0.25, 0.3) is 5.91 Å². The Kier molecular flexibility index (Phi) is 5.90. The quantitative estimate of drug-likeness (QED) is 0.869. The number of rotatable bonds is 5. The molecule has 1 saturated carbocycles. The van der Waals surface area contributed by atoms with E-state index in [0.717, 1.165) is 25.5 Å². The van der Waals surface area contributed by atoms with Crippen molar-refractivity contribution in [2.75, 3.05) is 6.61 Å². The van der Waals surface area contributed by atoms with Crippen LogP contribution in [0.25, 0.3) is 0 Å². The highest BCUT2D eigenvalue weighted by molar-refractivity contribution is 5.78. The number of H-pyrrole nitrogens is 1. The van der Waals surface area contributed by atoms with Crippen molar-refractivity contribution in [3.05, 3.63) is 34.3 Å². The third-order valence-electron chi connectivity index (χ3n) is 3.99. The van der Waals surface area contributed by atoms with Gasteiger partial charge in [-0.2, -0.15) is 9.37 Å². The molecule has 0 saturated heterocycles. The van der Waals surface area contributed by atoms with E-state index in [9.17, 15) is 14.0 Å². The van der Waals surface area contributed by atoms with E-state index in [2.05, 4.69) is 29.1 Å². The normalized spacial score (nSPS) is 22.8. The molecule has 1 aromatic rings. The molecule has 6 nitrogen and oxygen atoms in total. The van der Waals surface area contributed by atoms with Crippen LogP contribution in [0, 0.1) is 17.7 Å². The van der Waals surface area contributed by atoms with Crippen molar-refractivity contribution in [2.24, 2.45) is 11.8 Å². The zero-order valence-corrected chi connectivity index (χ0v) is 13.4. The van der Waals surface area contributed by atoms with Crippen LogP contribution in [-0.2, 0) is 4.79 Å². The Morgan fingerprint density at radius 1 is 1.57 bits per heavy atom. The second kappa shape index (κ2) is 7.89. The lowest BCUT2D eigenvalue weighted by molar-refractivity contribution is -0.122. The molecule has 126 valence electrons. The van der Waals surface area contributed by atoms with Crippen molar-refractivity contribution in [1.82, 2.24) is 15.3 Å². The van der Waals surface area contributed by atoms with E-state index < -0.39 is 17.4 Å². The largest absolute Gasteiger partial charge is 0.467 e. The average Bonchev–Trinajstić information content (AvgIpc) is 2.53. The van der Waals surface area contributed by atoms with Crippen LogP contribution >= 0.6 is 0 Å². The first-order valence-electron chi connectivity index (χ1n) is 7.82. The fourth-order valence-corrected chi connectivity index (χ4v) is 2.90. The number of nitrogens with zero attached hydrogens (tertiary/aromatic N) is 1. The molecular formula is C16H22FN3O3. The predicted octanol–water partition coefficient (Wildman–Crippen LogP) is 2.13. The molecule has 1 aliphatic rings. The van der Waals surface area contributed by atoms with Crippen molar-refractivity contribution in [1.29, 1.82) is 0 Å². The molecular weight excluding hydrogens is 301 g/mol. The van der Waals surface area contributed by atoms with Gasteiger partial charge < -0.3 is 10.1 Å². The highest BCUT2D eigenvalue weighted by atomic mass is 19.1. The van der Waals surface area contributed by atoms with E-state index in [1.165, 1.54) is 12.0 Å². The van der Waals surface area contributed by atoms with Gasteiger partial charge in [-0.05, 0) is 31.1 Å². The van der Waals surface area contributed by atoms with E-state index in [-0.39, 0.29) is 12.5 Å². The summed E-state index contributed by atoms with van der Waals surface area (Å²) in [7, 11) is 0. The fraction of sp³-hybridized carbons (Fsp3) is 0.562. The first-order valence-corrected chi connectivity index (χ1v) is 7.82. The molecule has 1 aliphatic carbocycles. The van der Waals surface area contributed by atoms with Crippen molar-refractivity contribution in [3.63, 3.8) is 0 Å². The van der Waals surface area contributed by atoms with Crippen molar-refractivity contribution >= 4 is 5.91 Å². The van der Waals surface area contributed by atoms with Gasteiger partial charge in [-0.25, -0.2) is 4.79 Å². The lowest BCUT2D eigenvalue weighted by Gasteiger charge is -2.28. The summed E-state index contributed by atoms with van der Waals surface area (Å²) in [6, 6.07) is 0. The number of amides is 1. The van der Waals surface area contributed by atoms with Gasteiger partial charge in [-0.15, -0.1) is 0 Å². The van der Waals surface area contributed by atoms with Crippen LogP contribution in [0.3, 0.4) is 0 Å². The standard InChI is InChI=1S/C16H22FN3O3/c1-3-11-4-10(2)5-12(6-11)7-18-14(21)9-23-15-13(17)8-19-16(22)20-15/h7-8,10-11H,3-6,9H2,1-2H3,(H,18,21)(H,19,20,22)/b12-7+. The first kappa shape index (κ1) is 17.2. The van der Waals surface area contributed by atoms with Gasteiger partial charge in [0.15, 0.2) is 6.61 Å². The van der Waals surface area contributed by atoms with E-state index in [4.69, 9.17) is 4.74 Å². The van der Waals surface area contributed by atoms with Gasteiger partial charge in [0.05, 0.1) is 6.20 Å². The number of ether oxygens (including phenoxy) is 1. The van der Waals surface area contributed by atoms with Gasteiger partial charge in [0, 0.05) is 6.20 Å². The number of aromatic nitrogens is 2. The Balaban J connectivity index is 1.86. The maximum Gasteiger partial charge on any atom is 0.347 e. The van der Waals surface area contributed by atoms with Gasteiger partial charge in [0.2, 0.25) is 11.7 Å². The van der Waals surface area contributed by atoms with Crippen molar-refractivity contribution < 1.29 is 13.9 Å². The van der Waals surface area contributed by atoms with E-state index in [1.54, 1.807) is 6.20 Å². The highest BCUT2D eigenvalue weighted by Crippen LogP contribution is 2.33. The molecule has 0 aromatic carbocycles. The lowest BCUT2D eigenvalue weighted by Crippen LogP contribution is -2.27. The summed E-state index contributed by atoms with van der Waals surface area (Å²) in [5.74, 6) is -0.327. The van der Waals surface area contributed by atoms with Gasteiger partial charge >= 0.3 is 5.69 Å². The maximum atomic E-state index is 13.3. The number of nitrogens with one attached hydrogen (secondary N) is 2. The Labute approximate surface area is 134 Å². The summed E-state index contributed by atoms with van der Waals surface area (Å²) in [4.78, 5) is 28.1. The predicted molar refractivity (Wildman–Crippen MR) is 83.3 cm³/mol. The highest BCUT2D eigenvalue weighted by Gasteiger charge is 2.21. The molecule has 1 fully saturated rings. The van der Waals surface area contributed by atoms with E-state index >= 15 is 0 Å². The van der Waals surface area contributed by atoms with Crippen LogP contribution in [0.2, 0.25) is 0 Å². The van der Waals surface area contributed by atoms with Crippen molar-refractivity contribution in [2.45, 2.75) is 39.5 Å². The minimum Gasteiger partial charge on any atom is -0.467 e. The van der Waals surface area contributed by atoms with Gasteiger partial charge in [-0.1, -0.05) is 25.8 Å². The SMILES string of the molecule is CCC1C/C(=C/NC(=O)COc2[nH]c(=O)ncc2F)CC(C)C1. The van der Waals surface area contributed by atoms with Crippen LogP contribution in [0.15, 0.2) is 22.8 Å². The zero-order chi connectivity index (χ0) is 16.8. The molecule has 0 aliphatic heterocycles. The summed E-state index contributed by atoms with van der Waals surface area (Å²) in [6.45, 7) is 4.01. The number of hydrogen-bond acceptors (Lipinski definition) is 4. The number of carbonyl (C=O) groups is 1. The number of halogens is 1. The summed E-state index contributed by atoms with van der Waals surface area (Å²) < 4.78 is 18.3. The summed E-state index contributed by atoms with van der Waals surface area (Å²) in [5, 5.41) is 2.67. The van der Waals surface area contributed by atoms with E-state index in [1.807, 2.05) is 0 Å². The van der Waals surface area contributed by atoms with Crippen LogP contribution in [0.4, 0.5) is 4.39 Å². The number of aromatic amines is 1. The van der Waals surface area contributed by atoms with Gasteiger partial charge in [-0.3, -0.25) is 9.78 Å². The lowest BCUT2D eigenvalue weighted by atomic mass is 9.78. The van der Waals surface area contributed by atoms with Crippen LogP contribution in [0.1, 0.15) is 39.5 Å². The maximum absolute atomic E-state index is 13.3. The molecule has 2 unspecified atom stereocenters. The summed E-state index contributed by atoms with van der Waals surface area (Å²) in [5.41, 5.74) is 0.484. The summed E-state index contributed by atoms with van der Waals surface area (Å²) >= 11 is 0. The smallest absolute Gasteiger partial charge is 0.347 e. The average molecular weight is 323 g/mol. The molecule has 2 atom stereocenters.